The molecule has 2 heterocycles. The maximum Gasteiger partial charge on any atom is 0.252 e. The number of anilines is 1. The number of hydrogen-bond acceptors (Lipinski definition) is 5. The summed E-state index contributed by atoms with van der Waals surface area (Å²) in [5.41, 5.74) is 4.24. The fourth-order valence-corrected chi connectivity index (χ4v) is 4.18. The Balaban J connectivity index is 1.47. The van der Waals surface area contributed by atoms with Gasteiger partial charge in [0.15, 0.2) is 11.5 Å². The number of methoxy groups -OCH3 is 2. The molecule has 2 aromatic carbocycles. The smallest absolute Gasteiger partial charge is 0.252 e. The third-order valence-electron chi connectivity index (χ3n) is 6.14. The van der Waals surface area contributed by atoms with Crippen LogP contribution in [0.3, 0.4) is 0 Å². The van der Waals surface area contributed by atoms with E-state index in [4.69, 9.17) is 9.47 Å². The van der Waals surface area contributed by atoms with Gasteiger partial charge in [-0.1, -0.05) is 12.1 Å². The highest BCUT2D eigenvalue weighted by Crippen LogP contribution is 2.38. The van der Waals surface area contributed by atoms with Gasteiger partial charge in [0, 0.05) is 42.8 Å². The number of rotatable bonds is 6. The fourth-order valence-electron chi connectivity index (χ4n) is 4.18. The Morgan fingerprint density at radius 2 is 1.83 bits per heavy atom. The second kappa shape index (κ2) is 7.59. The molecule has 1 amide bonds. The molecule has 6 nitrogen and oxygen atoms in total. The third kappa shape index (κ3) is 3.65. The van der Waals surface area contributed by atoms with E-state index in [0.29, 0.717) is 16.9 Å². The van der Waals surface area contributed by atoms with Gasteiger partial charge in [0.2, 0.25) is 0 Å². The van der Waals surface area contributed by atoms with Gasteiger partial charge in [-0.2, -0.15) is 0 Å². The Hall–Kier alpha value is -2.73. The van der Waals surface area contributed by atoms with Crippen LogP contribution in [0.2, 0.25) is 0 Å². The second-order valence-electron chi connectivity index (χ2n) is 8.27. The fraction of sp³-hybridized carbons (Fsp3) is 0.435. The molecule has 2 fully saturated rings. The Bertz CT molecular complexity index is 916. The van der Waals surface area contributed by atoms with E-state index in [1.54, 1.807) is 14.2 Å². The average Bonchev–Trinajstić information content (AvgIpc) is 2.66. The normalized spacial score (nSPS) is 17.9. The summed E-state index contributed by atoms with van der Waals surface area (Å²) in [5, 5.41) is 6.48. The van der Waals surface area contributed by atoms with Crippen LogP contribution >= 0.6 is 0 Å². The molecule has 4 rings (SSSR count). The molecule has 0 bridgehead atoms. The van der Waals surface area contributed by atoms with Crippen molar-refractivity contribution in [3.05, 3.63) is 53.1 Å². The van der Waals surface area contributed by atoms with Crippen LogP contribution in [0, 0.1) is 12.3 Å². The number of nitrogens with zero attached hydrogens (tertiary/aromatic N) is 1. The predicted octanol–water partition coefficient (Wildman–Crippen LogP) is 2.91. The summed E-state index contributed by atoms with van der Waals surface area (Å²) in [6.45, 7) is 8.28. The molecule has 0 saturated carbocycles. The molecule has 0 aliphatic carbocycles. The van der Waals surface area contributed by atoms with Crippen LogP contribution in [0.4, 0.5) is 5.69 Å². The van der Waals surface area contributed by atoms with Crippen LogP contribution < -0.4 is 25.0 Å². The summed E-state index contributed by atoms with van der Waals surface area (Å²) in [7, 11) is 3.22. The quantitative estimate of drug-likeness (QED) is 0.788. The van der Waals surface area contributed by atoms with Gasteiger partial charge < -0.3 is 25.0 Å². The maximum absolute atomic E-state index is 13.0. The van der Waals surface area contributed by atoms with Crippen LogP contribution in [0.5, 0.6) is 11.5 Å². The van der Waals surface area contributed by atoms with Crippen LogP contribution in [0.1, 0.15) is 34.5 Å². The van der Waals surface area contributed by atoms with Crippen molar-refractivity contribution in [1.29, 1.82) is 0 Å². The zero-order valence-corrected chi connectivity index (χ0v) is 17.5. The van der Waals surface area contributed by atoms with Gasteiger partial charge in [-0.15, -0.1) is 0 Å². The van der Waals surface area contributed by atoms with E-state index in [2.05, 4.69) is 21.6 Å². The van der Waals surface area contributed by atoms with Crippen molar-refractivity contribution >= 4 is 11.6 Å². The minimum atomic E-state index is -0.154. The summed E-state index contributed by atoms with van der Waals surface area (Å²) in [6.07, 6.45) is 0. The first-order valence-corrected chi connectivity index (χ1v) is 10.0. The number of amides is 1. The molecule has 6 heteroatoms. The van der Waals surface area contributed by atoms with Gasteiger partial charge in [-0.05, 0) is 49.2 Å². The molecule has 2 aromatic rings. The van der Waals surface area contributed by atoms with Crippen molar-refractivity contribution in [2.75, 3.05) is 45.3 Å². The van der Waals surface area contributed by atoms with Crippen molar-refractivity contribution in [2.24, 2.45) is 5.41 Å². The summed E-state index contributed by atoms with van der Waals surface area (Å²) in [4.78, 5) is 15.4. The predicted molar refractivity (Wildman–Crippen MR) is 114 cm³/mol. The largest absolute Gasteiger partial charge is 0.493 e. The van der Waals surface area contributed by atoms with Gasteiger partial charge in [0.05, 0.1) is 20.3 Å². The summed E-state index contributed by atoms with van der Waals surface area (Å²) in [5.74, 6) is 1.26. The first kappa shape index (κ1) is 19.6. The lowest BCUT2D eigenvalue weighted by atomic mass is 9.74. The van der Waals surface area contributed by atoms with E-state index in [0.717, 1.165) is 48.6 Å². The van der Waals surface area contributed by atoms with E-state index in [9.17, 15) is 4.79 Å². The summed E-state index contributed by atoms with van der Waals surface area (Å²) in [6, 6.07) is 11.7. The van der Waals surface area contributed by atoms with Crippen molar-refractivity contribution in [2.45, 2.75) is 19.9 Å². The summed E-state index contributed by atoms with van der Waals surface area (Å²) < 4.78 is 10.7. The summed E-state index contributed by atoms with van der Waals surface area (Å²) >= 11 is 0. The minimum Gasteiger partial charge on any atom is -0.493 e. The van der Waals surface area contributed by atoms with E-state index in [1.807, 2.05) is 44.2 Å². The molecule has 154 valence electrons. The molecule has 0 aromatic heterocycles. The number of ether oxygens (including phenoxy) is 2. The molecule has 1 spiro atoms. The lowest BCUT2D eigenvalue weighted by Gasteiger charge is -2.57. The van der Waals surface area contributed by atoms with Gasteiger partial charge in [0.1, 0.15) is 0 Å². The van der Waals surface area contributed by atoms with Crippen molar-refractivity contribution < 1.29 is 14.3 Å². The number of benzene rings is 2. The highest BCUT2D eigenvalue weighted by Gasteiger charge is 2.47. The monoisotopic (exact) mass is 395 g/mol. The second-order valence-corrected chi connectivity index (χ2v) is 8.27. The number of carbonyl (C=O) groups excluding carboxylic acids is 1. The maximum atomic E-state index is 13.0. The highest BCUT2D eigenvalue weighted by molar-refractivity contribution is 5.97. The first-order chi connectivity index (χ1) is 13.9. The minimum absolute atomic E-state index is 0.0628. The molecule has 2 N–H and O–H groups in total. The Morgan fingerprint density at radius 1 is 1.10 bits per heavy atom. The van der Waals surface area contributed by atoms with Gasteiger partial charge in [-0.25, -0.2) is 0 Å². The third-order valence-corrected chi connectivity index (χ3v) is 6.14. The number of aryl methyl sites for hydroxylation is 1. The Morgan fingerprint density at radius 3 is 2.45 bits per heavy atom. The number of hydrogen-bond donors (Lipinski definition) is 2. The molecule has 29 heavy (non-hydrogen) atoms. The van der Waals surface area contributed by atoms with Crippen molar-refractivity contribution in [3.8, 4) is 11.5 Å². The van der Waals surface area contributed by atoms with Crippen LogP contribution in [0.15, 0.2) is 36.4 Å². The van der Waals surface area contributed by atoms with Gasteiger partial charge >= 0.3 is 0 Å². The Labute approximate surface area is 172 Å². The molecule has 1 unspecified atom stereocenters. The molecule has 2 saturated heterocycles. The molecular weight excluding hydrogens is 366 g/mol. The molecule has 2 aliphatic rings. The first-order valence-electron chi connectivity index (χ1n) is 10.0. The van der Waals surface area contributed by atoms with E-state index in [1.165, 1.54) is 0 Å². The highest BCUT2D eigenvalue weighted by atomic mass is 16.5. The zero-order valence-electron chi connectivity index (χ0n) is 17.5. The lowest BCUT2D eigenvalue weighted by molar-refractivity contribution is 0.0939. The zero-order chi connectivity index (χ0) is 20.6. The van der Waals surface area contributed by atoms with E-state index < -0.39 is 0 Å². The average molecular weight is 396 g/mol. The van der Waals surface area contributed by atoms with Crippen LogP contribution in [0.25, 0.3) is 0 Å². The molecule has 1 atom stereocenters. The van der Waals surface area contributed by atoms with E-state index in [-0.39, 0.29) is 11.9 Å². The number of nitrogens with one attached hydrogen (secondary N) is 2. The lowest BCUT2D eigenvalue weighted by Crippen LogP contribution is -2.71. The van der Waals surface area contributed by atoms with Gasteiger partial charge in [-0.3, -0.25) is 4.79 Å². The van der Waals surface area contributed by atoms with Crippen LogP contribution in [-0.2, 0) is 0 Å². The molecule has 0 radical (unpaired) electrons. The molecular formula is C23H29N3O3. The SMILES string of the molecule is COc1ccc(C(C)NC(=O)c2cc(N3CC4(CNC4)C3)ccc2C)cc1OC. The van der Waals surface area contributed by atoms with Crippen molar-refractivity contribution in [1.82, 2.24) is 10.6 Å². The van der Waals surface area contributed by atoms with Crippen LogP contribution in [-0.4, -0.2) is 46.3 Å². The Kier molecular flexibility index (Phi) is 5.13. The van der Waals surface area contributed by atoms with E-state index >= 15 is 0 Å². The number of carbonyl (C=O) groups is 1. The topological polar surface area (TPSA) is 62.8 Å². The standard InChI is InChI=1S/C23H29N3O3/c1-15-5-7-18(26-13-23(14-26)11-24-12-23)10-19(15)22(27)25-16(2)17-6-8-20(28-3)21(9-17)29-4/h5-10,16,24H,11-14H2,1-4H3,(H,25,27). The van der Waals surface area contributed by atoms with Gasteiger partial charge in [0.25, 0.3) is 5.91 Å². The molecule has 2 aliphatic heterocycles. The van der Waals surface area contributed by atoms with Crippen molar-refractivity contribution in [3.63, 3.8) is 0 Å².